The fourth-order valence-electron chi connectivity index (χ4n) is 1.36. The Balaban J connectivity index is 2.06. The van der Waals surface area contributed by atoms with Crippen molar-refractivity contribution in [3.63, 3.8) is 0 Å². The zero-order valence-corrected chi connectivity index (χ0v) is 11.0. The third-order valence-corrected chi connectivity index (χ3v) is 3.37. The molecule has 2 heterocycles. The molecular formula is C12H14N4OS. The molecule has 18 heavy (non-hydrogen) atoms. The van der Waals surface area contributed by atoms with Gasteiger partial charge in [0.1, 0.15) is 17.3 Å². The maximum absolute atomic E-state index is 7.34. The molecular weight excluding hydrogens is 248 g/mol. The largest absolute Gasteiger partial charge is 0.437 e. The number of nitrogens with one attached hydrogen (secondary N) is 1. The van der Waals surface area contributed by atoms with Gasteiger partial charge in [0.15, 0.2) is 0 Å². The highest BCUT2D eigenvalue weighted by atomic mass is 32.2. The lowest BCUT2D eigenvalue weighted by molar-refractivity contribution is 0.431. The molecule has 3 N–H and O–H groups in total. The van der Waals surface area contributed by atoms with E-state index in [2.05, 4.69) is 9.97 Å². The van der Waals surface area contributed by atoms with Crippen LogP contribution in [0.3, 0.4) is 0 Å². The summed E-state index contributed by atoms with van der Waals surface area (Å²) in [4.78, 5) is 8.31. The molecule has 0 amide bonds. The van der Waals surface area contributed by atoms with E-state index in [1.165, 1.54) is 11.8 Å². The lowest BCUT2D eigenvalue weighted by atomic mass is 10.2. The van der Waals surface area contributed by atoms with Crippen LogP contribution in [-0.4, -0.2) is 15.8 Å². The van der Waals surface area contributed by atoms with E-state index in [9.17, 15) is 0 Å². The molecule has 5 nitrogen and oxygen atoms in total. The van der Waals surface area contributed by atoms with Crippen LogP contribution < -0.4 is 5.73 Å². The molecule has 0 fully saturated rings. The van der Waals surface area contributed by atoms with Crippen molar-refractivity contribution in [2.24, 2.45) is 5.73 Å². The monoisotopic (exact) mass is 262 g/mol. The maximum atomic E-state index is 7.34. The number of nitrogens with two attached hydrogens (primary N) is 1. The molecule has 0 atom stereocenters. The van der Waals surface area contributed by atoms with Crippen LogP contribution in [0.4, 0.5) is 0 Å². The van der Waals surface area contributed by atoms with E-state index < -0.39 is 0 Å². The summed E-state index contributed by atoms with van der Waals surface area (Å²) in [5.74, 6) is 1.53. The molecule has 0 saturated heterocycles. The van der Waals surface area contributed by atoms with Gasteiger partial charge in [0, 0.05) is 11.9 Å². The predicted molar refractivity (Wildman–Crippen MR) is 70.8 cm³/mol. The quantitative estimate of drug-likeness (QED) is 0.501. The Morgan fingerprint density at radius 2 is 2.28 bits per heavy atom. The van der Waals surface area contributed by atoms with Gasteiger partial charge in [0.2, 0.25) is 0 Å². The summed E-state index contributed by atoms with van der Waals surface area (Å²) in [5.41, 5.74) is 7.84. The van der Waals surface area contributed by atoms with Gasteiger partial charge in [0.05, 0.1) is 5.69 Å². The second-order valence-electron chi connectivity index (χ2n) is 3.87. The molecule has 0 aliphatic heterocycles. The van der Waals surface area contributed by atoms with Crippen LogP contribution in [0.25, 0.3) is 0 Å². The maximum Gasteiger partial charge on any atom is 0.256 e. The van der Waals surface area contributed by atoms with Crippen LogP contribution in [0, 0.1) is 19.3 Å². The van der Waals surface area contributed by atoms with Crippen molar-refractivity contribution in [2.45, 2.75) is 24.8 Å². The van der Waals surface area contributed by atoms with Crippen molar-refractivity contribution in [2.75, 3.05) is 0 Å². The van der Waals surface area contributed by atoms with Crippen LogP contribution in [-0.2, 0) is 5.75 Å². The number of thioether (sulfide) groups is 1. The fourth-order valence-corrected chi connectivity index (χ4v) is 2.22. The zero-order chi connectivity index (χ0) is 13.1. The number of hydrogen-bond donors (Lipinski definition) is 2. The summed E-state index contributed by atoms with van der Waals surface area (Å²) in [6.07, 6.45) is 1.65. The van der Waals surface area contributed by atoms with Crippen LogP contribution in [0.15, 0.2) is 28.0 Å². The molecule has 0 spiro atoms. The molecule has 0 radical (unpaired) electrons. The molecule has 0 saturated carbocycles. The number of nitrogen functional groups attached to an aromatic ring is 1. The number of aromatic nitrogens is 2. The smallest absolute Gasteiger partial charge is 0.256 e. The Labute approximate surface area is 109 Å². The number of rotatable bonds is 4. The highest BCUT2D eigenvalue weighted by Crippen LogP contribution is 2.23. The van der Waals surface area contributed by atoms with E-state index in [1.54, 1.807) is 12.3 Å². The minimum Gasteiger partial charge on any atom is -0.437 e. The number of nitrogens with zero attached hydrogens (tertiary/aromatic N) is 2. The van der Waals surface area contributed by atoms with E-state index in [-0.39, 0.29) is 5.84 Å². The van der Waals surface area contributed by atoms with Crippen LogP contribution in [0.2, 0.25) is 0 Å². The first-order chi connectivity index (χ1) is 8.56. The lowest BCUT2D eigenvalue weighted by Crippen LogP contribution is -2.13. The van der Waals surface area contributed by atoms with Crippen molar-refractivity contribution in [1.82, 2.24) is 9.97 Å². The van der Waals surface area contributed by atoms with Gasteiger partial charge >= 0.3 is 0 Å². The van der Waals surface area contributed by atoms with Crippen LogP contribution in [0.5, 0.6) is 0 Å². The number of hydrogen-bond acceptors (Lipinski definition) is 5. The Hall–Kier alpha value is -1.82. The van der Waals surface area contributed by atoms with Gasteiger partial charge in [-0.05, 0) is 31.5 Å². The van der Waals surface area contributed by atoms with Crippen molar-refractivity contribution >= 4 is 17.6 Å². The van der Waals surface area contributed by atoms with Crippen molar-refractivity contribution < 1.29 is 4.42 Å². The van der Waals surface area contributed by atoms with Gasteiger partial charge in [0.25, 0.3) is 5.22 Å². The normalized spacial score (nSPS) is 10.6. The van der Waals surface area contributed by atoms with Gasteiger partial charge in [-0.3, -0.25) is 10.4 Å². The van der Waals surface area contributed by atoms with Gasteiger partial charge < -0.3 is 10.2 Å². The average Bonchev–Trinajstić information content (AvgIpc) is 2.67. The lowest BCUT2D eigenvalue weighted by Gasteiger charge is -2.01. The summed E-state index contributed by atoms with van der Waals surface area (Å²) in [5, 5.41) is 8.00. The number of amidine groups is 1. The molecule has 0 aliphatic carbocycles. The summed E-state index contributed by atoms with van der Waals surface area (Å²) < 4.78 is 5.48. The third-order valence-electron chi connectivity index (χ3n) is 2.47. The fraction of sp³-hybridized carbons (Fsp3) is 0.250. The van der Waals surface area contributed by atoms with Gasteiger partial charge in [-0.15, -0.1) is 0 Å². The van der Waals surface area contributed by atoms with Crippen molar-refractivity contribution in [3.8, 4) is 0 Å². The van der Waals surface area contributed by atoms with Crippen LogP contribution >= 0.6 is 11.8 Å². The first-order valence-corrected chi connectivity index (χ1v) is 6.41. The summed E-state index contributed by atoms with van der Waals surface area (Å²) >= 11 is 1.51. The highest BCUT2D eigenvalue weighted by Gasteiger charge is 2.07. The highest BCUT2D eigenvalue weighted by molar-refractivity contribution is 7.98. The van der Waals surface area contributed by atoms with Gasteiger partial charge in [-0.25, -0.2) is 4.98 Å². The third kappa shape index (κ3) is 2.89. The average molecular weight is 262 g/mol. The molecule has 0 aromatic carbocycles. The Kier molecular flexibility index (Phi) is 3.66. The number of pyridine rings is 1. The van der Waals surface area contributed by atoms with E-state index in [0.717, 1.165) is 17.0 Å². The molecule has 0 unspecified atom stereocenters. The van der Waals surface area contributed by atoms with E-state index in [1.807, 2.05) is 19.9 Å². The van der Waals surface area contributed by atoms with Crippen molar-refractivity contribution in [3.05, 3.63) is 41.0 Å². The van der Waals surface area contributed by atoms with E-state index >= 15 is 0 Å². The molecule has 2 rings (SSSR count). The zero-order valence-electron chi connectivity index (χ0n) is 10.2. The van der Waals surface area contributed by atoms with Crippen LogP contribution in [0.1, 0.15) is 22.7 Å². The first kappa shape index (κ1) is 12.6. The topological polar surface area (TPSA) is 88.8 Å². The molecule has 6 heteroatoms. The number of aryl methyl sites for hydroxylation is 2. The summed E-state index contributed by atoms with van der Waals surface area (Å²) in [6, 6.07) is 3.69. The van der Waals surface area contributed by atoms with Gasteiger partial charge in [-0.2, -0.15) is 0 Å². The van der Waals surface area contributed by atoms with E-state index in [4.69, 9.17) is 15.6 Å². The number of oxazole rings is 1. The Bertz CT molecular complexity index is 560. The molecule has 0 aliphatic rings. The molecule has 2 aromatic rings. The van der Waals surface area contributed by atoms with E-state index in [0.29, 0.717) is 16.7 Å². The standard InChI is InChI=1S/C12H14N4OS/c1-7-8(2)17-12(16-7)18-6-9-3-4-15-10(5-9)11(13)14/h3-5H,6H2,1-2H3,(H3,13,14). The molecule has 0 bridgehead atoms. The molecule has 94 valence electrons. The Morgan fingerprint density at radius 3 is 2.89 bits per heavy atom. The predicted octanol–water partition coefficient (Wildman–Crippen LogP) is 2.26. The molecule has 2 aromatic heterocycles. The summed E-state index contributed by atoms with van der Waals surface area (Å²) in [7, 11) is 0. The SMILES string of the molecule is Cc1nc(SCc2ccnc(C(=N)N)c2)oc1C. The minimum absolute atomic E-state index is 0.0235. The minimum atomic E-state index is -0.0235. The van der Waals surface area contributed by atoms with Crippen molar-refractivity contribution in [1.29, 1.82) is 5.41 Å². The Morgan fingerprint density at radius 1 is 1.50 bits per heavy atom. The first-order valence-electron chi connectivity index (χ1n) is 5.42. The second kappa shape index (κ2) is 5.22. The van der Waals surface area contributed by atoms with Gasteiger partial charge in [-0.1, -0.05) is 11.8 Å². The second-order valence-corrected chi connectivity index (χ2v) is 4.80. The summed E-state index contributed by atoms with van der Waals surface area (Å²) in [6.45, 7) is 3.82.